The molecule has 0 bridgehead atoms. The predicted octanol–water partition coefficient (Wildman–Crippen LogP) is 3.39. The minimum Gasteiger partial charge on any atom is -0.494 e. The highest BCUT2D eigenvalue weighted by molar-refractivity contribution is 7.89. The second-order valence-corrected chi connectivity index (χ2v) is 9.10. The number of rotatable bonds is 5. The first-order valence-corrected chi connectivity index (χ1v) is 11.4. The third kappa shape index (κ3) is 4.04. The van der Waals surface area contributed by atoms with Gasteiger partial charge < -0.3 is 9.64 Å². The van der Waals surface area contributed by atoms with Gasteiger partial charge in [0.15, 0.2) is 0 Å². The summed E-state index contributed by atoms with van der Waals surface area (Å²) in [5.74, 6) is 0.626. The zero-order valence-corrected chi connectivity index (χ0v) is 17.6. The van der Waals surface area contributed by atoms with Gasteiger partial charge in [-0.05, 0) is 54.1 Å². The van der Waals surface area contributed by atoms with Gasteiger partial charge in [0.05, 0.1) is 11.5 Å². The molecule has 0 saturated carbocycles. The molecule has 1 fully saturated rings. The van der Waals surface area contributed by atoms with Gasteiger partial charge in [-0.3, -0.25) is 4.79 Å². The second-order valence-electron chi connectivity index (χ2n) is 7.16. The van der Waals surface area contributed by atoms with Crippen LogP contribution in [0.15, 0.2) is 71.6 Å². The number of ether oxygens (including phenoxy) is 1. The fourth-order valence-electron chi connectivity index (χ4n) is 3.65. The van der Waals surface area contributed by atoms with E-state index in [1.807, 2.05) is 37.3 Å². The molecule has 1 aliphatic rings. The van der Waals surface area contributed by atoms with Crippen LogP contribution in [-0.2, 0) is 10.0 Å². The van der Waals surface area contributed by atoms with Gasteiger partial charge in [-0.2, -0.15) is 4.31 Å². The molecule has 0 unspecified atom stereocenters. The van der Waals surface area contributed by atoms with E-state index in [0.29, 0.717) is 25.3 Å². The van der Waals surface area contributed by atoms with Crippen LogP contribution in [0.4, 0.5) is 0 Å². The Morgan fingerprint density at radius 1 is 0.900 bits per heavy atom. The van der Waals surface area contributed by atoms with Crippen LogP contribution in [0.1, 0.15) is 17.3 Å². The first-order chi connectivity index (χ1) is 14.5. The average molecular weight is 425 g/mol. The van der Waals surface area contributed by atoms with Gasteiger partial charge >= 0.3 is 0 Å². The second kappa shape index (κ2) is 8.45. The van der Waals surface area contributed by atoms with Crippen molar-refractivity contribution in [1.82, 2.24) is 9.21 Å². The molecule has 0 atom stereocenters. The lowest BCUT2D eigenvalue weighted by Crippen LogP contribution is -2.50. The standard InChI is InChI=1S/C23H24N2O4S/c1-2-29-21-10-7-19(8-11-21)23(26)24-13-15-25(16-14-24)30(27,28)22-12-9-18-5-3-4-6-20(18)17-22/h3-12,17H,2,13-16H2,1H3. The molecule has 1 saturated heterocycles. The Labute approximate surface area is 176 Å². The van der Waals surface area contributed by atoms with E-state index in [1.54, 1.807) is 41.3 Å². The van der Waals surface area contributed by atoms with Crippen LogP contribution in [0.2, 0.25) is 0 Å². The molecule has 0 N–H and O–H groups in total. The molecule has 1 amide bonds. The molecule has 0 spiro atoms. The molecule has 0 radical (unpaired) electrons. The maximum absolute atomic E-state index is 13.1. The Bertz CT molecular complexity index is 1150. The molecule has 6 nitrogen and oxygen atoms in total. The molecule has 0 aromatic heterocycles. The number of carbonyl (C=O) groups excluding carboxylic acids is 1. The van der Waals surface area contributed by atoms with E-state index < -0.39 is 10.0 Å². The maximum Gasteiger partial charge on any atom is 0.253 e. The van der Waals surface area contributed by atoms with E-state index in [0.717, 1.165) is 16.5 Å². The van der Waals surface area contributed by atoms with Crippen LogP contribution < -0.4 is 4.74 Å². The minimum absolute atomic E-state index is 0.0965. The fraction of sp³-hybridized carbons (Fsp3) is 0.261. The summed E-state index contributed by atoms with van der Waals surface area (Å²) < 4.78 is 33.0. The first kappa shape index (κ1) is 20.4. The molecular formula is C23H24N2O4S. The van der Waals surface area contributed by atoms with Crippen molar-refractivity contribution >= 4 is 26.7 Å². The predicted molar refractivity (Wildman–Crippen MR) is 116 cm³/mol. The van der Waals surface area contributed by atoms with Crippen LogP contribution in [-0.4, -0.2) is 56.3 Å². The van der Waals surface area contributed by atoms with E-state index >= 15 is 0 Å². The SMILES string of the molecule is CCOc1ccc(C(=O)N2CCN(S(=O)(=O)c3ccc4ccccc4c3)CC2)cc1. The summed E-state index contributed by atoms with van der Waals surface area (Å²) >= 11 is 0. The summed E-state index contributed by atoms with van der Waals surface area (Å²) in [6, 6.07) is 19.9. The molecule has 30 heavy (non-hydrogen) atoms. The van der Waals surface area contributed by atoms with Gasteiger partial charge in [-0.25, -0.2) is 8.42 Å². The van der Waals surface area contributed by atoms with Crippen molar-refractivity contribution in [3.8, 4) is 5.75 Å². The number of hydrogen-bond donors (Lipinski definition) is 0. The van der Waals surface area contributed by atoms with Crippen molar-refractivity contribution in [1.29, 1.82) is 0 Å². The molecule has 0 aliphatic carbocycles. The van der Waals surface area contributed by atoms with E-state index in [1.165, 1.54) is 4.31 Å². The van der Waals surface area contributed by atoms with Crippen LogP contribution in [0.5, 0.6) is 5.75 Å². The Morgan fingerprint density at radius 2 is 1.57 bits per heavy atom. The topological polar surface area (TPSA) is 66.9 Å². The Balaban J connectivity index is 1.44. The molecule has 1 heterocycles. The third-order valence-corrected chi connectivity index (χ3v) is 7.19. The lowest BCUT2D eigenvalue weighted by molar-refractivity contribution is 0.0698. The molecule has 7 heteroatoms. The summed E-state index contributed by atoms with van der Waals surface area (Å²) in [5, 5.41) is 1.89. The zero-order chi connectivity index (χ0) is 21.1. The summed E-state index contributed by atoms with van der Waals surface area (Å²) in [6.07, 6.45) is 0. The molecule has 4 rings (SSSR count). The van der Waals surface area contributed by atoms with Gasteiger partial charge in [0.2, 0.25) is 10.0 Å². The summed E-state index contributed by atoms with van der Waals surface area (Å²) in [5.41, 5.74) is 0.573. The molecule has 1 aliphatic heterocycles. The smallest absolute Gasteiger partial charge is 0.253 e. The monoisotopic (exact) mass is 424 g/mol. The van der Waals surface area contributed by atoms with Crippen LogP contribution in [0.3, 0.4) is 0 Å². The highest BCUT2D eigenvalue weighted by atomic mass is 32.2. The van der Waals surface area contributed by atoms with Crippen LogP contribution >= 0.6 is 0 Å². The van der Waals surface area contributed by atoms with Crippen LogP contribution in [0, 0.1) is 0 Å². The Kier molecular flexibility index (Phi) is 5.74. The third-order valence-electron chi connectivity index (χ3n) is 5.30. The maximum atomic E-state index is 13.1. The van der Waals surface area contributed by atoms with Gasteiger partial charge in [0.1, 0.15) is 5.75 Å². The fourth-order valence-corrected chi connectivity index (χ4v) is 5.11. The van der Waals surface area contributed by atoms with Gasteiger partial charge in [0, 0.05) is 31.7 Å². The van der Waals surface area contributed by atoms with E-state index in [-0.39, 0.29) is 23.9 Å². The average Bonchev–Trinajstić information content (AvgIpc) is 2.79. The molecule has 3 aromatic rings. The molecule has 156 valence electrons. The lowest BCUT2D eigenvalue weighted by Gasteiger charge is -2.34. The number of carbonyl (C=O) groups is 1. The van der Waals surface area contributed by atoms with E-state index in [2.05, 4.69) is 0 Å². The van der Waals surface area contributed by atoms with Crippen molar-refractivity contribution < 1.29 is 17.9 Å². The Hall–Kier alpha value is -2.90. The zero-order valence-electron chi connectivity index (χ0n) is 16.8. The number of sulfonamides is 1. The minimum atomic E-state index is -3.60. The van der Waals surface area contributed by atoms with Crippen molar-refractivity contribution in [2.75, 3.05) is 32.8 Å². The highest BCUT2D eigenvalue weighted by Gasteiger charge is 2.30. The van der Waals surface area contributed by atoms with E-state index in [9.17, 15) is 13.2 Å². The van der Waals surface area contributed by atoms with Crippen molar-refractivity contribution in [2.24, 2.45) is 0 Å². The largest absolute Gasteiger partial charge is 0.494 e. The van der Waals surface area contributed by atoms with Gasteiger partial charge in [-0.1, -0.05) is 30.3 Å². The summed E-state index contributed by atoms with van der Waals surface area (Å²) in [4.78, 5) is 14.7. The number of piperazine rings is 1. The quantitative estimate of drug-likeness (QED) is 0.630. The molecule has 3 aromatic carbocycles. The number of hydrogen-bond acceptors (Lipinski definition) is 4. The van der Waals surface area contributed by atoms with Crippen molar-refractivity contribution in [3.63, 3.8) is 0 Å². The first-order valence-electron chi connectivity index (χ1n) is 10.00. The van der Waals surface area contributed by atoms with Crippen LogP contribution in [0.25, 0.3) is 10.8 Å². The number of benzene rings is 3. The summed E-state index contributed by atoms with van der Waals surface area (Å²) in [7, 11) is -3.60. The number of amides is 1. The Morgan fingerprint density at radius 3 is 2.23 bits per heavy atom. The number of fused-ring (bicyclic) bond motifs is 1. The number of nitrogens with zero attached hydrogens (tertiary/aromatic N) is 2. The van der Waals surface area contributed by atoms with Crippen molar-refractivity contribution in [3.05, 3.63) is 72.3 Å². The van der Waals surface area contributed by atoms with Gasteiger partial charge in [-0.15, -0.1) is 0 Å². The van der Waals surface area contributed by atoms with E-state index in [4.69, 9.17) is 4.74 Å². The highest BCUT2D eigenvalue weighted by Crippen LogP contribution is 2.23. The summed E-state index contributed by atoms with van der Waals surface area (Å²) in [6.45, 7) is 3.75. The normalized spacial score (nSPS) is 15.3. The van der Waals surface area contributed by atoms with Crippen molar-refractivity contribution in [2.45, 2.75) is 11.8 Å². The lowest BCUT2D eigenvalue weighted by atomic mass is 10.1. The molecular weight excluding hydrogens is 400 g/mol. The van der Waals surface area contributed by atoms with Gasteiger partial charge in [0.25, 0.3) is 5.91 Å².